The van der Waals surface area contributed by atoms with Crippen LogP contribution in [-0.2, 0) is 0 Å². The Balaban J connectivity index is 2.91. The summed E-state index contributed by atoms with van der Waals surface area (Å²) in [5, 5.41) is 4.73. The monoisotopic (exact) mass is 221 g/mol. The van der Waals surface area contributed by atoms with E-state index >= 15 is 0 Å². The highest BCUT2D eigenvalue weighted by Crippen LogP contribution is 2.31. The molecule has 0 aliphatic heterocycles. The number of pyridine rings is 1. The molecule has 0 saturated heterocycles. The van der Waals surface area contributed by atoms with Crippen LogP contribution >= 0.6 is 11.6 Å². The maximum absolute atomic E-state index is 6.01. The second-order valence-corrected chi connectivity index (χ2v) is 3.89. The third-order valence-corrected chi connectivity index (χ3v) is 2.62. The van der Waals surface area contributed by atoms with E-state index in [1.807, 2.05) is 26.1 Å². The van der Waals surface area contributed by atoms with Crippen LogP contribution in [0.2, 0.25) is 5.02 Å². The molecule has 0 atom stereocenters. The van der Waals surface area contributed by atoms with Crippen LogP contribution < -0.4 is 11.1 Å². The summed E-state index contributed by atoms with van der Waals surface area (Å²) in [7, 11) is 1.83. The summed E-state index contributed by atoms with van der Waals surface area (Å²) < 4.78 is 0. The van der Waals surface area contributed by atoms with Crippen LogP contribution in [0.15, 0.2) is 18.3 Å². The van der Waals surface area contributed by atoms with Gasteiger partial charge in [0, 0.05) is 17.5 Å². The SMILES string of the molecule is CNc1c(N)cnc2c(C)cc(Cl)cc12. The summed E-state index contributed by atoms with van der Waals surface area (Å²) in [5.41, 5.74) is 9.32. The van der Waals surface area contributed by atoms with Crippen LogP contribution in [0.1, 0.15) is 5.56 Å². The number of anilines is 2. The molecule has 0 fully saturated rings. The summed E-state index contributed by atoms with van der Waals surface area (Å²) in [5.74, 6) is 0. The quantitative estimate of drug-likeness (QED) is 0.779. The van der Waals surface area contributed by atoms with Crippen molar-refractivity contribution in [3.63, 3.8) is 0 Å². The highest BCUT2D eigenvalue weighted by atomic mass is 35.5. The van der Waals surface area contributed by atoms with Gasteiger partial charge in [-0.2, -0.15) is 0 Å². The Morgan fingerprint density at radius 3 is 2.80 bits per heavy atom. The number of benzene rings is 1. The zero-order chi connectivity index (χ0) is 11.0. The molecule has 1 aromatic heterocycles. The van der Waals surface area contributed by atoms with Gasteiger partial charge < -0.3 is 11.1 Å². The molecule has 3 nitrogen and oxygen atoms in total. The van der Waals surface area contributed by atoms with Crippen molar-refractivity contribution in [2.45, 2.75) is 6.92 Å². The van der Waals surface area contributed by atoms with Gasteiger partial charge in [-0.15, -0.1) is 0 Å². The largest absolute Gasteiger partial charge is 0.396 e. The topological polar surface area (TPSA) is 50.9 Å². The number of halogens is 1. The molecule has 1 heterocycles. The number of aromatic nitrogens is 1. The third-order valence-electron chi connectivity index (χ3n) is 2.41. The van der Waals surface area contributed by atoms with Crippen LogP contribution in [0.3, 0.4) is 0 Å². The van der Waals surface area contributed by atoms with E-state index in [0.717, 1.165) is 22.2 Å². The molecule has 2 aromatic rings. The lowest BCUT2D eigenvalue weighted by Gasteiger charge is -2.10. The fourth-order valence-corrected chi connectivity index (χ4v) is 2.00. The molecule has 0 aliphatic carbocycles. The van der Waals surface area contributed by atoms with Gasteiger partial charge in [-0.25, -0.2) is 0 Å². The van der Waals surface area contributed by atoms with Gasteiger partial charge >= 0.3 is 0 Å². The fraction of sp³-hybridized carbons (Fsp3) is 0.182. The van der Waals surface area contributed by atoms with Gasteiger partial charge in [0.2, 0.25) is 0 Å². The van der Waals surface area contributed by atoms with Gasteiger partial charge in [-0.05, 0) is 24.6 Å². The van der Waals surface area contributed by atoms with Crippen LogP contribution in [0.4, 0.5) is 11.4 Å². The number of nitrogen functional groups attached to an aromatic ring is 1. The minimum absolute atomic E-state index is 0.631. The first kappa shape index (κ1) is 10.1. The number of aryl methyl sites for hydroxylation is 1. The number of nitrogens with two attached hydrogens (primary N) is 1. The third kappa shape index (κ3) is 1.59. The second kappa shape index (κ2) is 3.59. The Morgan fingerprint density at radius 2 is 2.13 bits per heavy atom. The number of hydrogen-bond acceptors (Lipinski definition) is 3. The van der Waals surface area contributed by atoms with Crippen molar-refractivity contribution in [2.24, 2.45) is 0 Å². The zero-order valence-corrected chi connectivity index (χ0v) is 9.39. The summed E-state index contributed by atoms with van der Waals surface area (Å²) in [6, 6.07) is 3.77. The lowest BCUT2D eigenvalue weighted by Crippen LogP contribution is -1.98. The maximum Gasteiger partial charge on any atom is 0.0754 e. The fourth-order valence-electron chi connectivity index (χ4n) is 1.73. The lowest BCUT2D eigenvalue weighted by atomic mass is 10.1. The van der Waals surface area contributed by atoms with Crippen molar-refractivity contribution >= 4 is 33.9 Å². The second-order valence-electron chi connectivity index (χ2n) is 3.46. The van der Waals surface area contributed by atoms with Crippen LogP contribution in [0.5, 0.6) is 0 Å². The number of nitrogens with zero attached hydrogens (tertiary/aromatic N) is 1. The van der Waals surface area contributed by atoms with Gasteiger partial charge in [-0.1, -0.05) is 11.6 Å². The molecule has 0 radical (unpaired) electrons. The minimum atomic E-state index is 0.631. The Morgan fingerprint density at radius 1 is 1.40 bits per heavy atom. The average Bonchev–Trinajstić information content (AvgIpc) is 2.17. The number of nitrogens with one attached hydrogen (secondary N) is 1. The molecule has 0 saturated carbocycles. The number of hydrogen-bond donors (Lipinski definition) is 2. The Bertz CT molecular complexity index is 523. The van der Waals surface area contributed by atoms with Crippen molar-refractivity contribution < 1.29 is 0 Å². The van der Waals surface area contributed by atoms with Gasteiger partial charge in [-0.3, -0.25) is 4.98 Å². The smallest absolute Gasteiger partial charge is 0.0754 e. The zero-order valence-electron chi connectivity index (χ0n) is 8.63. The average molecular weight is 222 g/mol. The maximum atomic E-state index is 6.01. The summed E-state index contributed by atoms with van der Waals surface area (Å²) in [6.45, 7) is 1.98. The van der Waals surface area contributed by atoms with Gasteiger partial charge in [0.15, 0.2) is 0 Å². The van der Waals surface area contributed by atoms with E-state index in [2.05, 4.69) is 10.3 Å². The van der Waals surface area contributed by atoms with Gasteiger partial charge in [0.25, 0.3) is 0 Å². The minimum Gasteiger partial charge on any atom is -0.396 e. The first-order valence-electron chi connectivity index (χ1n) is 4.65. The van der Waals surface area contributed by atoms with E-state index in [0.29, 0.717) is 10.7 Å². The molecule has 4 heteroatoms. The molecule has 78 valence electrons. The Labute approximate surface area is 93.3 Å². The molecule has 3 N–H and O–H groups in total. The van der Waals surface area contributed by atoms with Crippen molar-refractivity contribution in [2.75, 3.05) is 18.1 Å². The lowest BCUT2D eigenvalue weighted by molar-refractivity contribution is 1.36. The molecule has 0 amide bonds. The van der Waals surface area contributed by atoms with E-state index in [1.165, 1.54) is 0 Å². The molecular weight excluding hydrogens is 210 g/mol. The summed E-state index contributed by atoms with van der Waals surface area (Å²) >= 11 is 6.01. The molecule has 0 unspecified atom stereocenters. The molecule has 0 bridgehead atoms. The molecule has 0 aliphatic rings. The normalized spacial score (nSPS) is 10.6. The highest BCUT2D eigenvalue weighted by Gasteiger charge is 2.07. The van der Waals surface area contributed by atoms with E-state index in [4.69, 9.17) is 17.3 Å². The van der Waals surface area contributed by atoms with Gasteiger partial charge in [0.1, 0.15) is 0 Å². The predicted molar refractivity (Wildman–Crippen MR) is 65.4 cm³/mol. The van der Waals surface area contributed by atoms with Crippen LogP contribution in [0.25, 0.3) is 10.9 Å². The summed E-state index contributed by atoms with van der Waals surface area (Å²) in [4.78, 5) is 4.31. The molecule has 2 rings (SSSR count). The van der Waals surface area contributed by atoms with Crippen molar-refractivity contribution in [3.8, 4) is 0 Å². The number of rotatable bonds is 1. The van der Waals surface area contributed by atoms with E-state index in [9.17, 15) is 0 Å². The highest BCUT2D eigenvalue weighted by molar-refractivity contribution is 6.31. The van der Waals surface area contributed by atoms with Gasteiger partial charge in [0.05, 0.1) is 23.1 Å². The first-order chi connectivity index (χ1) is 7.13. The predicted octanol–water partition coefficient (Wildman–Crippen LogP) is 2.82. The van der Waals surface area contributed by atoms with E-state index in [-0.39, 0.29) is 0 Å². The molecule has 0 spiro atoms. The molecule has 1 aromatic carbocycles. The van der Waals surface area contributed by atoms with Crippen molar-refractivity contribution in [3.05, 3.63) is 28.9 Å². The Hall–Kier alpha value is -1.48. The van der Waals surface area contributed by atoms with Crippen LogP contribution in [-0.4, -0.2) is 12.0 Å². The summed E-state index contributed by atoms with van der Waals surface area (Å²) in [6.07, 6.45) is 1.66. The number of fused-ring (bicyclic) bond motifs is 1. The van der Waals surface area contributed by atoms with E-state index < -0.39 is 0 Å². The van der Waals surface area contributed by atoms with E-state index in [1.54, 1.807) is 6.20 Å². The van der Waals surface area contributed by atoms with Crippen molar-refractivity contribution in [1.29, 1.82) is 0 Å². The molecule has 15 heavy (non-hydrogen) atoms. The van der Waals surface area contributed by atoms with Crippen molar-refractivity contribution in [1.82, 2.24) is 4.98 Å². The first-order valence-corrected chi connectivity index (χ1v) is 5.03. The standard InChI is InChI=1S/C11H12ClN3/c1-6-3-7(12)4-8-10(6)15-5-9(13)11(8)14-2/h3-5H,13H2,1-2H3,(H,14,15). The molecular formula is C11H12ClN3. The Kier molecular flexibility index (Phi) is 2.40. The van der Waals surface area contributed by atoms with Crippen LogP contribution in [0, 0.1) is 6.92 Å².